The number of rotatable bonds is 3. The van der Waals surface area contributed by atoms with E-state index >= 15 is 0 Å². The van der Waals surface area contributed by atoms with Crippen LogP contribution in [0.5, 0.6) is 0 Å². The average molecular weight is 346 g/mol. The van der Waals surface area contributed by atoms with Crippen LogP contribution in [0.1, 0.15) is 33.4 Å². The van der Waals surface area contributed by atoms with Gasteiger partial charge >= 0.3 is 0 Å². The zero-order chi connectivity index (χ0) is 18.1. The Kier molecular flexibility index (Phi) is 4.15. The van der Waals surface area contributed by atoms with Gasteiger partial charge in [0.25, 0.3) is 5.91 Å². The molecule has 1 N–H and O–H groups in total. The topological polar surface area (TPSA) is 79.9 Å². The van der Waals surface area contributed by atoms with Gasteiger partial charge in [-0.3, -0.25) is 4.79 Å². The smallest absolute Gasteiger partial charge is 0.251 e. The molecule has 0 saturated heterocycles. The number of ether oxygens (including phenoxy) is 1. The van der Waals surface area contributed by atoms with E-state index in [-0.39, 0.29) is 11.9 Å². The van der Waals surface area contributed by atoms with Gasteiger partial charge in [-0.05, 0) is 48.9 Å². The first kappa shape index (κ1) is 16.3. The lowest BCUT2D eigenvalue weighted by molar-refractivity contribution is 0.0553. The molecule has 4 rings (SSSR count). The molecule has 0 fully saturated rings. The van der Waals surface area contributed by atoms with Gasteiger partial charge in [0.1, 0.15) is 12.4 Å². The van der Waals surface area contributed by atoms with Gasteiger partial charge in [-0.15, -0.1) is 0 Å². The van der Waals surface area contributed by atoms with Crippen LogP contribution in [0.4, 0.5) is 0 Å². The van der Waals surface area contributed by atoms with Gasteiger partial charge < -0.3 is 14.6 Å². The number of amides is 1. The number of carbonyl (C=O) groups is 1. The van der Waals surface area contributed by atoms with Crippen molar-refractivity contribution in [2.75, 3.05) is 13.2 Å². The van der Waals surface area contributed by atoms with Crippen LogP contribution in [-0.4, -0.2) is 28.6 Å². The number of imidazole rings is 1. The highest BCUT2D eigenvalue weighted by Gasteiger charge is 2.24. The predicted molar refractivity (Wildman–Crippen MR) is 96.7 cm³/mol. The number of aryl methyl sites for hydroxylation is 1. The lowest BCUT2D eigenvalue weighted by Gasteiger charge is -2.26. The number of hydrogen-bond acceptors (Lipinski definition) is 4. The SMILES string of the molecule is Cc1ccc2c(c1)nc1n2[C@@H](CNC(=O)c2ccc(C#N)cc2)COC1. The Morgan fingerprint density at radius 2 is 2.15 bits per heavy atom. The monoisotopic (exact) mass is 346 g/mol. The van der Waals surface area contributed by atoms with Crippen molar-refractivity contribution in [1.29, 1.82) is 5.26 Å². The summed E-state index contributed by atoms with van der Waals surface area (Å²) < 4.78 is 7.83. The number of nitriles is 1. The van der Waals surface area contributed by atoms with Crippen LogP contribution in [0, 0.1) is 18.3 Å². The first-order chi connectivity index (χ1) is 12.7. The first-order valence-corrected chi connectivity index (χ1v) is 8.49. The second kappa shape index (κ2) is 6.62. The Morgan fingerprint density at radius 1 is 1.35 bits per heavy atom. The van der Waals surface area contributed by atoms with E-state index in [2.05, 4.69) is 33.1 Å². The summed E-state index contributed by atoms with van der Waals surface area (Å²) in [5.74, 6) is 0.719. The molecule has 6 nitrogen and oxygen atoms in total. The van der Waals surface area contributed by atoms with E-state index in [0.29, 0.717) is 30.9 Å². The number of benzene rings is 2. The van der Waals surface area contributed by atoms with Crippen molar-refractivity contribution in [2.45, 2.75) is 19.6 Å². The fourth-order valence-corrected chi connectivity index (χ4v) is 3.29. The summed E-state index contributed by atoms with van der Waals surface area (Å²) in [6, 6.07) is 14.8. The summed E-state index contributed by atoms with van der Waals surface area (Å²) in [5, 5.41) is 11.8. The maximum Gasteiger partial charge on any atom is 0.251 e. The molecule has 0 unspecified atom stereocenters. The van der Waals surface area contributed by atoms with Gasteiger partial charge in [-0.25, -0.2) is 4.98 Å². The van der Waals surface area contributed by atoms with Crippen LogP contribution in [0.3, 0.4) is 0 Å². The summed E-state index contributed by atoms with van der Waals surface area (Å²) in [6.07, 6.45) is 0. The zero-order valence-electron chi connectivity index (χ0n) is 14.4. The van der Waals surface area contributed by atoms with Crippen molar-refractivity contribution in [3.05, 3.63) is 65.0 Å². The molecule has 26 heavy (non-hydrogen) atoms. The van der Waals surface area contributed by atoms with Crippen LogP contribution < -0.4 is 5.32 Å². The van der Waals surface area contributed by atoms with Gasteiger partial charge in [0, 0.05) is 12.1 Å². The molecule has 1 amide bonds. The fourth-order valence-electron chi connectivity index (χ4n) is 3.29. The molecule has 130 valence electrons. The maximum atomic E-state index is 12.4. The average Bonchev–Trinajstić information content (AvgIpc) is 3.04. The molecular weight excluding hydrogens is 328 g/mol. The molecule has 1 aromatic heterocycles. The van der Waals surface area contributed by atoms with Crippen molar-refractivity contribution in [2.24, 2.45) is 0 Å². The molecule has 0 saturated carbocycles. The summed E-state index contributed by atoms with van der Waals surface area (Å²) in [5.41, 5.74) is 4.25. The molecule has 3 aromatic rings. The number of carbonyl (C=O) groups excluding carboxylic acids is 1. The molecule has 0 radical (unpaired) electrons. The van der Waals surface area contributed by atoms with E-state index in [0.717, 1.165) is 16.9 Å². The Bertz CT molecular complexity index is 1010. The molecule has 1 aliphatic heterocycles. The highest BCUT2D eigenvalue weighted by Crippen LogP contribution is 2.26. The normalized spacial score (nSPS) is 16.1. The van der Waals surface area contributed by atoms with Gasteiger partial charge in [0.2, 0.25) is 0 Å². The number of nitrogens with zero attached hydrogens (tertiary/aromatic N) is 3. The molecule has 2 aromatic carbocycles. The summed E-state index contributed by atoms with van der Waals surface area (Å²) in [6.45, 7) is 3.50. The highest BCUT2D eigenvalue weighted by molar-refractivity contribution is 5.94. The lowest BCUT2D eigenvalue weighted by atomic mass is 10.1. The van der Waals surface area contributed by atoms with E-state index in [4.69, 9.17) is 10.00 Å². The quantitative estimate of drug-likeness (QED) is 0.791. The van der Waals surface area contributed by atoms with Crippen LogP contribution >= 0.6 is 0 Å². The van der Waals surface area contributed by atoms with E-state index in [9.17, 15) is 4.79 Å². The standard InChI is InChI=1S/C20H18N4O2/c1-13-2-7-18-17(8-13)23-19-12-26-11-16(24(18)19)10-22-20(25)15-5-3-14(9-21)4-6-15/h2-8,16H,10-12H2,1H3,(H,22,25)/t16-/m0/s1. The molecule has 6 heteroatoms. The molecule has 1 aliphatic rings. The van der Waals surface area contributed by atoms with Gasteiger partial charge in [0.05, 0.1) is 35.3 Å². The van der Waals surface area contributed by atoms with E-state index in [1.165, 1.54) is 5.56 Å². The largest absolute Gasteiger partial charge is 0.371 e. The van der Waals surface area contributed by atoms with Gasteiger partial charge in [-0.2, -0.15) is 5.26 Å². The Hall–Kier alpha value is -3.17. The summed E-state index contributed by atoms with van der Waals surface area (Å²) >= 11 is 0. The number of fused-ring (bicyclic) bond motifs is 3. The second-order valence-corrected chi connectivity index (χ2v) is 6.46. The predicted octanol–water partition coefficient (Wildman–Crippen LogP) is 2.72. The van der Waals surface area contributed by atoms with E-state index in [1.54, 1.807) is 24.3 Å². The number of hydrogen-bond donors (Lipinski definition) is 1. The van der Waals surface area contributed by atoms with Crippen molar-refractivity contribution < 1.29 is 9.53 Å². The van der Waals surface area contributed by atoms with E-state index < -0.39 is 0 Å². The minimum absolute atomic E-state index is 0.00575. The zero-order valence-corrected chi connectivity index (χ0v) is 14.4. The second-order valence-electron chi connectivity index (χ2n) is 6.46. The third-order valence-corrected chi connectivity index (χ3v) is 4.60. The van der Waals surface area contributed by atoms with Crippen molar-refractivity contribution >= 4 is 16.9 Å². The number of nitrogens with one attached hydrogen (secondary N) is 1. The van der Waals surface area contributed by atoms with Crippen LogP contribution in [-0.2, 0) is 11.3 Å². The molecule has 1 atom stereocenters. The molecular formula is C20H18N4O2. The van der Waals surface area contributed by atoms with Crippen LogP contribution in [0.2, 0.25) is 0 Å². The minimum atomic E-state index is -0.165. The third kappa shape index (κ3) is 2.93. The highest BCUT2D eigenvalue weighted by atomic mass is 16.5. The minimum Gasteiger partial charge on any atom is -0.371 e. The Morgan fingerprint density at radius 3 is 2.92 bits per heavy atom. The van der Waals surface area contributed by atoms with Crippen LogP contribution in [0.25, 0.3) is 11.0 Å². The third-order valence-electron chi connectivity index (χ3n) is 4.60. The molecule has 0 spiro atoms. The van der Waals surface area contributed by atoms with Gasteiger partial charge in [-0.1, -0.05) is 6.07 Å². The fraction of sp³-hybridized carbons (Fsp3) is 0.250. The summed E-state index contributed by atoms with van der Waals surface area (Å²) in [4.78, 5) is 17.0. The van der Waals surface area contributed by atoms with Crippen molar-refractivity contribution in [3.8, 4) is 6.07 Å². The Labute approximate surface area is 151 Å². The molecule has 2 heterocycles. The van der Waals surface area contributed by atoms with E-state index in [1.807, 2.05) is 13.0 Å². The summed E-state index contributed by atoms with van der Waals surface area (Å²) in [7, 11) is 0. The Balaban J connectivity index is 1.54. The number of aromatic nitrogens is 2. The molecule has 0 bridgehead atoms. The van der Waals surface area contributed by atoms with Crippen molar-refractivity contribution in [1.82, 2.24) is 14.9 Å². The molecule has 0 aliphatic carbocycles. The lowest BCUT2D eigenvalue weighted by Crippen LogP contribution is -2.35. The van der Waals surface area contributed by atoms with Crippen LogP contribution in [0.15, 0.2) is 42.5 Å². The first-order valence-electron chi connectivity index (χ1n) is 8.49. The van der Waals surface area contributed by atoms with Gasteiger partial charge in [0.15, 0.2) is 0 Å². The maximum absolute atomic E-state index is 12.4. The van der Waals surface area contributed by atoms with Crippen molar-refractivity contribution in [3.63, 3.8) is 0 Å².